The van der Waals surface area contributed by atoms with Crippen molar-refractivity contribution in [2.45, 2.75) is 6.92 Å². The van der Waals surface area contributed by atoms with E-state index in [2.05, 4.69) is 0 Å². The van der Waals surface area contributed by atoms with Crippen LogP contribution in [0, 0.1) is 0 Å². The van der Waals surface area contributed by atoms with Crippen molar-refractivity contribution in [3.63, 3.8) is 0 Å². The number of thiophene rings is 1. The van der Waals surface area contributed by atoms with Crippen molar-refractivity contribution in [2.75, 3.05) is 7.11 Å². The molecule has 0 saturated heterocycles. The Morgan fingerprint density at radius 2 is 1.83 bits per heavy atom. The van der Waals surface area contributed by atoms with Crippen LogP contribution in [0.25, 0.3) is 16.2 Å². The molecule has 0 amide bonds. The quantitative estimate of drug-likeness (QED) is 0.649. The summed E-state index contributed by atoms with van der Waals surface area (Å²) in [5.41, 5.74) is 1.11. The van der Waals surface area contributed by atoms with E-state index in [1.165, 1.54) is 0 Å². The van der Waals surface area contributed by atoms with Crippen LogP contribution < -0.4 is 9.47 Å². The lowest BCUT2D eigenvalue weighted by Crippen LogP contribution is -1.95. The number of hydrogen-bond donors (Lipinski definition) is 1. The number of aliphatic carboxylic acids is 1. The van der Waals surface area contributed by atoms with Gasteiger partial charge in [0.25, 0.3) is 0 Å². The highest BCUT2D eigenvalue weighted by Gasteiger charge is 2.08. The number of hydrogen-bond acceptors (Lipinski definition) is 4. The molecule has 0 bridgehead atoms. The number of carbonyl (C=O) groups is 1. The average Bonchev–Trinajstić information content (AvgIpc) is 2.98. The predicted molar refractivity (Wildman–Crippen MR) is 96.2 cm³/mol. The summed E-state index contributed by atoms with van der Waals surface area (Å²) in [4.78, 5) is 10.9. The van der Waals surface area contributed by atoms with E-state index in [0.717, 1.165) is 27.1 Å². The standard InChI is InChI=1S/C19H16O4S/c1-12(19(20)21)9-13-3-5-14(6-4-13)23-17-11-24-18-10-15(22-2)7-8-16(17)18/h3-11H,1-2H3,(H,20,21)/b12-9+. The van der Waals surface area contributed by atoms with Gasteiger partial charge in [0.05, 0.1) is 7.11 Å². The number of carboxylic acid groups (broad SMARTS) is 1. The van der Waals surface area contributed by atoms with Gasteiger partial charge in [-0.1, -0.05) is 12.1 Å². The second kappa shape index (κ2) is 6.76. The molecule has 1 heterocycles. The molecule has 0 aliphatic carbocycles. The van der Waals surface area contributed by atoms with Gasteiger partial charge in [0.1, 0.15) is 17.2 Å². The van der Waals surface area contributed by atoms with E-state index in [0.29, 0.717) is 11.3 Å². The molecular weight excluding hydrogens is 324 g/mol. The van der Waals surface area contributed by atoms with E-state index >= 15 is 0 Å². The predicted octanol–water partition coefficient (Wildman–Crippen LogP) is 5.19. The maximum absolute atomic E-state index is 10.9. The van der Waals surface area contributed by atoms with Gasteiger partial charge >= 0.3 is 5.97 Å². The van der Waals surface area contributed by atoms with E-state index in [1.807, 2.05) is 47.8 Å². The third kappa shape index (κ3) is 3.41. The molecule has 3 rings (SSSR count). The molecule has 1 aromatic heterocycles. The van der Waals surface area contributed by atoms with Gasteiger partial charge in [-0.05, 0) is 48.9 Å². The van der Waals surface area contributed by atoms with E-state index in [1.54, 1.807) is 31.4 Å². The Morgan fingerprint density at radius 3 is 2.50 bits per heavy atom. The average molecular weight is 340 g/mol. The molecule has 0 fully saturated rings. The van der Waals surface area contributed by atoms with Gasteiger partial charge in [-0.25, -0.2) is 4.79 Å². The Bertz CT molecular complexity index is 907. The van der Waals surface area contributed by atoms with Crippen molar-refractivity contribution in [3.05, 3.63) is 59.0 Å². The summed E-state index contributed by atoms with van der Waals surface area (Å²) in [7, 11) is 1.65. The highest BCUT2D eigenvalue weighted by atomic mass is 32.1. The van der Waals surface area contributed by atoms with Crippen molar-refractivity contribution >= 4 is 33.5 Å². The Hall–Kier alpha value is -2.79. The van der Waals surface area contributed by atoms with Crippen LogP contribution in [0.5, 0.6) is 17.2 Å². The minimum Gasteiger partial charge on any atom is -0.497 e. The summed E-state index contributed by atoms with van der Waals surface area (Å²) < 4.78 is 12.3. The zero-order valence-corrected chi connectivity index (χ0v) is 14.1. The highest BCUT2D eigenvalue weighted by Crippen LogP contribution is 2.37. The molecule has 3 aromatic rings. The van der Waals surface area contributed by atoms with Gasteiger partial charge in [-0.2, -0.15) is 0 Å². The molecule has 0 radical (unpaired) electrons. The fraction of sp³-hybridized carbons (Fsp3) is 0.105. The molecule has 0 aliphatic rings. The van der Waals surface area contributed by atoms with Gasteiger partial charge in [0, 0.05) is 21.0 Å². The molecule has 2 aromatic carbocycles. The van der Waals surface area contributed by atoms with E-state index in [4.69, 9.17) is 14.6 Å². The van der Waals surface area contributed by atoms with Gasteiger partial charge in [0.15, 0.2) is 0 Å². The number of carboxylic acids is 1. The molecule has 4 nitrogen and oxygen atoms in total. The molecule has 0 unspecified atom stereocenters. The van der Waals surface area contributed by atoms with E-state index in [-0.39, 0.29) is 0 Å². The van der Waals surface area contributed by atoms with Crippen molar-refractivity contribution in [3.8, 4) is 17.2 Å². The molecular formula is C19H16O4S. The Labute approximate surface area is 143 Å². The summed E-state index contributed by atoms with van der Waals surface area (Å²) in [6.07, 6.45) is 1.62. The first-order chi connectivity index (χ1) is 11.6. The molecule has 0 spiro atoms. The number of rotatable bonds is 5. The van der Waals surface area contributed by atoms with Crippen LogP contribution in [0.3, 0.4) is 0 Å². The first-order valence-corrected chi connectivity index (χ1v) is 8.19. The van der Waals surface area contributed by atoms with Crippen LogP contribution in [0.4, 0.5) is 0 Å². The molecule has 0 aliphatic heterocycles. The van der Waals surface area contributed by atoms with Crippen LogP contribution >= 0.6 is 11.3 Å². The number of methoxy groups -OCH3 is 1. The highest BCUT2D eigenvalue weighted by molar-refractivity contribution is 7.17. The van der Waals surface area contributed by atoms with E-state index in [9.17, 15) is 4.79 Å². The monoisotopic (exact) mass is 340 g/mol. The second-order valence-electron chi connectivity index (χ2n) is 5.27. The number of ether oxygens (including phenoxy) is 2. The van der Waals surface area contributed by atoms with Crippen molar-refractivity contribution in [1.29, 1.82) is 0 Å². The third-order valence-electron chi connectivity index (χ3n) is 3.58. The van der Waals surface area contributed by atoms with Crippen molar-refractivity contribution in [1.82, 2.24) is 0 Å². The molecule has 1 N–H and O–H groups in total. The Morgan fingerprint density at radius 1 is 1.12 bits per heavy atom. The normalized spacial score (nSPS) is 11.5. The van der Waals surface area contributed by atoms with Crippen LogP contribution in [0.15, 0.2) is 53.4 Å². The topological polar surface area (TPSA) is 55.8 Å². The largest absolute Gasteiger partial charge is 0.497 e. The van der Waals surface area contributed by atoms with Crippen molar-refractivity contribution < 1.29 is 19.4 Å². The lowest BCUT2D eigenvalue weighted by molar-refractivity contribution is -0.132. The molecule has 5 heteroatoms. The minimum atomic E-state index is -0.921. The maximum atomic E-state index is 10.9. The summed E-state index contributed by atoms with van der Waals surface area (Å²) >= 11 is 1.60. The summed E-state index contributed by atoms with van der Waals surface area (Å²) in [5, 5.41) is 11.9. The van der Waals surface area contributed by atoms with Gasteiger partial charge in [-0.15, -0.1) is 11.3 Å². The molecule has 0 saturated carbocycles. The summed E-state index contributed by atoms with van der Waals surface area (Å²) in [5.74, 6) is 1.40. The number of benzene rings is 2. The third-order valence-corrected chi connectivity index (χ3v) is 4.50. The Kier molecular flexibility index (Phi) is 4.53. The number of fused-ring (bicyclic) bond motifs is 1. The minimum absolute atomic E-state index is 0.293. The van der Waals surface area contributed by atoms with Crippen LogP contribution in [0.2, 0.25) is 0 Å². The molecule has 122 valence electrons. The lowest BCUT2D eigenvalue weighted by atomic mass is 10.1. The van der Waals surface area contributed by atoms with Gasteiger partial charge in [-0.3, -0.25) is 0 Å². The van der Waals surface area contributed by atoms with Gasteiger partial charge < -0.3 is 14.6 Å². The van der Waals surface area contributed by atoms with Crippen molar-refractivity contribution in [2.24, 2.45) is 0 Å². The smallest absolute Gasteiger partial charge is 0.331 e. The molecule has 24 heavy (non-hydrogen) atoms. The summed E-state index contributed by atoms with van der Waals surface area (Å²) in [6.45, 7) is 1.57. The van der Waals surface area contributed by atoms with E-state index < -0.39 is 5.97 Å². The fourth-order valence-electron chi connectivity index (χ4n) is 2.26. The second-order valence-corrected chi connectivity index (χ2v) is 6.18. The SMILES string of the molecule is COc1ccc2c(Oc3ccc(/C=C(\C)C(=O)O)cc3)csc2c1. The maximum Gasteiger partial charge on any atom is 0.331 e. The first-order valence-electron chi connectivity index (χ1n) is 7.31. The molecule has 0 atom stereocenters. The Balaban J connectivity index is 1.81. The van der Waals surface area contributed by atoms with Crippen LogP contribution in [-0.2, 0) is 4.79 Å². The van der Waals surface area contributed by atoms with Crippen LogP contribution in [-0.4, -0.2) is 18.2 Å². The zero-order valence-electron chi connectivity index (χ0n) is 13.3. The van der Waals surface area contributed by atoms with Crippen LogP contribution in [0.1, 0.15) is 12.5 Å². The first kappa shape index (κ1) is 16.1. The van der Waals surface area contributed by atoms with Gasteiger partial charge in [0.2, 0.25) is 0 Å². The summed E-state index contributed by atoms with van der Waals surface area (Å²) in [6, 6.07) is 13.2. The zero-order chi connectivity index (χ0) is 17.1. The lowest BCUT2D eigenvalue weighted by Gasteiger charge is -2.05. The fourth-order valence-corrected chi connectivity index (χ4v) is 3.15.